The number of aromatic nitrogens is 8. The normalized spacial score (nSPS) is 14.0. The van der Waals surface area contributed by atoms with E-state index in [0.29, 0.717) is 34.9 Å². The maximum absolute atomic E-state index is 5.44. The second-order valence-electron chi connectivity index (χ2n) is 17.8. The second-order valence-corrected chi connectivity index (χ2v) is 17.8. The maximum Gasteiger partial charge on any atom is 0.166 e. The summed E-state index contributed by atoms with van der Waals surface area (Å²) < 4.78 is 4.90. The standard InChI is InChI=1S/C61H44N8/c1-39-21-20-33-47-46-32-16-19-36-52(46)69(55(39)47)54-38-53(68-50-34-17-14-30-44(50)45-31-15-18-35-51(45)68)48(60-64-56(40-22-6-2-7-23-40)62-57(65-60)41-24-8-3-9-25-41)37-49(54)61-66-58(42-26-10-4-11-27-42)63-59(67-61)43-28-12-5-13-29-43/h2-15,17-20,22-31,33-39H,16,21,32H2,1H3. The molecule has 8 nitrogen and oxygen atoms in total. The Kier molecular flexibility index (Phi) is 9.82. The molecule has 0 spiro atoms. The number of benzene rings is 7. The van der Waals surface area contributed by atoms with Gasteiger partial charge in [0, 0.05) is 61.5 Å². The van der Waals surface area contributed by atoms with Gasteiger partial charge in [-0.05, 0) is 60.7 Å². The van der Waals surface area contributed by atoms with Gasteiger partial charge in [0.25, 0.3) is 0 Å². The van der Waals surface area contributed by atoms with Crippen LogP contribution in [0.2, 0.25) is 0 Å². The Morgan fingerprint density at radius 2 is 0.841 bits per heavy atom. The number of para-hydroxylation sites is 2. The van der Waals surface area contributed by atoms with E-state index in [4.69, 9.17) is 29.9 Å². The van der Waals surface area contributed by atoms with Crippen LogP contribution in [0.15, 0.2) is 194 Å². The molecule has 1 atom stereocenters. The predicted octanol–water partition coefficient (Wildman–Crippen LogP) is 14.4. The monoisotopic (exact) mass is 888 g/mol. The lowest BCUT2D eigenvalue weighted by atomic mass is 9.90. The van der Waals surface area contributed by atoms with Gasteiger partial charge in [0.2, 0.25) is 0 Å². The molecule has 2 aliphatic rings. The van der Waals surface area contributed by atoms with Gasteiger partial charge in [0.1, 0.15) is 0 Å². The van der Waals surface area contributed by atoms with Crippen molar-refractivity contribution < 1.29 is 0 Å². The van der Waals surface area contributed by atoms with E-state index in [9.17, 15) is 0 Å². The molecule has 0 saturated heterocycles. The zero-order valence-electron chi connectivity index (χ0n) is 37.9. The van der Waals surface area contributed by atoms with Crippen molar-refractivity contribution in [2.75, 3.05) is 0 Å². The zero-order valence-corrected chi connectivity index (χ0v) is 37.9. The molecule has 8 heteroatoms. The number of hydrogen-bond donors (Lipinski definition) is 0. The Bertz CT molecular complexity index is 3650. The van der Waals surface area contributed by atoms with Crippen LogP contribution in [0.25, 0.3) is 114 Å². The summed E-state index contributed by atoms with van der Waals surface area (Å²) in [5, 5.41) is 2.32. The van der Waals surface area contributed by atoms with Gasteiger partial charge in [0.15, 0.2) is 34.9 Å². The van der Waals surface area contributed by atoms with Gasteiger partial charge in [-0.3, -0.25) is 0 Å². The molecular weight excluding hydrogens is 845 g/mol. The van der Waals surface area contributed by atoms with E-state index in [1.54, 1.807) is 0 Å². The Morgan fingerprint density at radius 1 is 0.420 bits per heavy atom. The average molecular weight is 889 g/mol. The third kappa shape index (κ3) is 6.99. The van der Waals surface area contributed by atoms with Gasteiger partial charge in [-0.25, -0.2) is 29.9 Å². The molecule has 69 heavy (non-hydrogen) atoms. The predicted molar refractivity (Wildman–Crippen MR) is 279 cm³/mol. The highest BCUT2D eigenvalue weighted by atomic mass is 15.1. The van der Waals surface area contributed by atoms with Gasteiger partial charge in [0.05, 0.1) is 22.4 Å². The summed E-state index contributed by atoms with van der Waals surface area (Å²) in [6.45, 7) is 2.35. The quantitative estimate of drug-likeness (QED) is 0.151. The third-order valence-electron chi connectivity index (χ3n) is 13.5. The van der Waals surface area contributed by atoms with E-state index in [2.05, 4.69) is 150 Å². The van der Waals surface area contributed by atoms with Gasteiger partial charge >= 0.3 is 0 Å². The summed E-state index contributed by atoms with van der Waals surface area (Å²) in [7, 11) is 0. The SMILES string of the molecule is CC1CC=Cc2c3c(n(-c4cc(-n5c6ccccc6c6ccccc65)c(-c5nc(-c6ccccc6)nc(-c6ccccc6)n5)cc4-c4nc(-c5ccccc5)nc(-c5ccccc5)n4)c21)C=CCC3. The Labute approximate surface area is 399 Å². The largest absolute Gasteiger partial charge is 0.312 e. The summed E-state index contributed by atoms with van der Waals surface area (Å²) in [4.78, 5) is 32.0. The number of rotatable bonds is 8. The molecule has 328 valence electrons. The molecule has 0 radical (unpaired) electrons. The molecule has 0 N–H and O–H groups in total. The molecule has 11 aromatic rings. The average Bonchev–Trinajstić information content (AvgIpc) is 3.95. The van der Waals surface area contributed by atoms with E-state index >= 15 is 0 Å². The van der Waals surface area contributed by atoms with Crippen LogP contribution in [0.3, 0.4) is 0 Å². The molecule has 4 heterocycles. The molecule has 0 aliphatic heterocycles. The zero-order chi connectivity index (χ0) is 45.8. The Morgan fingerprint density at radius 3 is 1.32 bits per heavy atom. The van der Waals surface area contributed by atoms with Crippen molar-refractivity contribution in [1.82, 2.24) is 39.0 Å². The molecule has 0 amide bonds. The second kappa shape index (κ2) is 16.8. The molecule has 4 aromatic heterocycles. The molecule has 0 fully saturated rings. The highest BCUT2D eigenvalue weighted by molar-refractivity contribution is 6.10. The first-order valence-corrected chi connectivity index (χ1v) is 23.7. The molecule has 2 aliphatic carbocycles. The van der Waals surface area contributed by atoms with Gasteiger partial charge < -0.3 is 9.13 Å². The van der Waals surface area contributed by atoms with Crippen molar-refractivity contribution in [1.29, 1.82) is 0 Å². The van der Waals surface area contributed by atoms with Crippen LogP contribution < -0.4 is 0 Å². The first-order valence-electron chi connectivity index (χ1n) is 23.7. The summed E-state index contributed by atoms with van der Waals surface area (Å²) in [5.74, 6) is 3.65. The number of nitrogens with zero attached hydrogens (tertiary/aromatic N) is 8. The maximum atomic E-state index is 5.44. The van der Waals surface area contributed by atoms with E-state index in [1.165, 1.54) is 22.5 Å². The van der Waals surface area contributed by atoms with Crippen molar-refractivity contribution in [2.45, 2.75) is 32.1 Å². The molecule has 7 aromatic carbocycles. The molecule has 0 bridgehead atoms. The lowest BCUT2D eigenvalue weighted by Crippen LogP contribution is -2.12. The Hall–Kier alpha value is -8.88. The molecule has 1 unspecified atom stereocenters. The fourth-order valence-corrected chi connectivity index (χ4v) is 10.3. The van der Waals surface area contributed by atoms with E-state index in [-0.39, 0.29) is 5.92 Å². The summed E-state index contributed by atoms with van der Waals surface area (Å²) >= 11 is 0. The molecular formula is C61H44N8. The summed E-state index contributed by atoms with van der Waals surface area (Å²) in [6, 6.07) is 62.6. The van der Waals surface area contributed by atoms with Crippen molar-refractivity contribution in [3.8, 4) is 79.7 Å². The van der Waals surface area contributed by atoms with Crippen LogP contribution in [-0.2, 0) is 6.42 Å². The van der Waals surface area contributed by atoms with E-state index in [1.807, 2.05) is 72.8 Å². The first-order chi connectivity index (χ1) is 34.1. The first kappa shape index (κ1) is 40.4. The van der Waals surface area contributed by atoms with Crippen LogP contribution >= 0.6 is 0 Å². The van der Waals surface area contributed by atoms with Crippen LogP contribution in [-0.4, -0.2) is 39.0 Å². The van der Waals surface area contributed by atoms with Crippen molar-refractivity contribution in [3.63, 3.8) is 0 Å². The Balaban J connectivity index is 1.21. The van der Waals surface area contributed by atoms with Gasteiger partial charge in [-0.15, -0.1) is 0 Å². The van der Waals surface area contributed by atoms with Crippen molar-refractivity contribution >= 4 is 34.0 Å². The van der Waals surface area contributed by atoms with E-state index < -0.39 is 0 Å². The van der Waals surface area contributed by atoms with Crippen molar-refractivity contribution in [2.24, 2.45) is 0 Å². The van der Waals surface area contributed by atoms with Crippen LogP contribution in [0, 0.1) is 0 Å². The topological polar surface area (TPSA) is 87.2 Å². The number of allylic oxidation sites excluding steroid dienone is 2. The minimum absolute atomic E-state index is 0.247. The smallest absolute Gasteiger partial charge is 0.166 e. The van der Waals surface area contributed by atoms with Crippen LogP contribution in [0.1, 0.15) is 48.2 Å². The fourth-order valence-electron chi connectivity index (χ4n) is 10.3. The highest BCUT2D eigenvalue weighted by Crippen LogP contribution is 2.46. The minimum atomic E-state index is 0.247. The number of hydrogen-bond acceptors (Lipinski definition) is 6. The minimum Gasteiger partial charge on any atom is -0.312 e. The summed E-state index contributed by atoms with van der Waals surface area (Å²) in [6.07, 6.45) is 12.2. The van der Waals surface area contributed by atoms with E-state index in [0.717, 1.165) is 85.8 Å². The van der Waals surface area contributed by atoms with Gasteiger partial charge in [-0.1, -0.05) is 183 Å². The lowest BCUT2D eigenvalue weighted by molar-refractivity contribution is 0.716. The third-order valence-corrected chi connectivity index (χ3v) is 13.5. The van der Waals surface area contributed by atoms with Crippen LogP contribution in [0.5, 0.6) is 0 Å². The van der Waals surface area contributed by atoms with Gasteiger partial charge in [-0.2, -0.15) is 0 Å². The lowest BCUT2D eigenvalue weighted by Gasteiger charge is -2.24. The van der Waals surface area contributed by atoms with Crippen molar-refractivity contribution in [3.05, 3.63) is 217 Å². The molecule has 13 rings (SSSR count). The molecule has 0 saturated carbocycles. The summed E-state index contributed by atoms with van der Waals surface area (Å²) in [5.41, 5.74) is 14.4. The number of fused-ring (bicyclic) bond motifs is 6. The fraction of sp³-hybridized carbons (Fsp3) is 0.0820. The highest BCUT2D eigenvalue weighted by Gasteiger charge is 2.31. The van der Waals surface area contributed by atoms with Crippen LogP contribution in [0.4, 0.5) is 0 Å².